The topological polar surface area (TPSA) is 1010 Å². The molecule has 59 atom stereocenters. The first-order chi connectivity index (χ1) is 69.5. The van der Waals surface area contributed by atoms with E-state index in [9.17, 15) is 192 Å². The number of hydrogen-bond acceptors (Lipinski definition) is 60. The van der Waals surface area contributed by atoms with Crippen molar-refractivity contribution in [3.63, 3.8) is 0 Å². The summed E-state index contributed by atoms with van der Waals surface area (Å²) in [4.78, 5) is 78.1. The number of rotatable bonds is 42. The SMILES string of the molecule is CC(=O)N[C@H]1[C@H](O[C@@H]([C@H](O)[C@H](C=O)NC(C)=O)[C@H](O)CO[C@H]2O[C@H](C)[C@H](O)[C@H](O)[C@H]2O)O[C@H](CO)[C@@H](O[C@@H]2O[C@H](CO[C@H]3O[C@H](CO[C@@H]4O[C@H](CO)[C@@H](O[C@@H]5O[C@H](CO)[C@H](O)[C@H](O)[C@H]5O)[C@H](O)[C@H]4NC(C)=O)[C@@H](O)[C@H](O)[C@@H]3O[C@@H]3O[C@H](CO)[C@@H](O[C@@H]4O[C@H](CO)[C@H](O)[C@H](O)[C@H]4O)[C@H](O)[C@H]3NC(C)=O)[C@@H](O)[C@H](O[C@H]3O[C@H](CO)[C@@H](O)[C@H](O)[C@@H]3O[C@@H]3O[C@H](CO)[C@@H](O[C@@H]4O[C@H](CO)[C@H](O)[C@H](O)[C@H]4O)[C@H](O)[C@H]3NC(C)=O)[C@@H]2O)[C@@H]1O. The van der Waals surface area contributed by atoms with E-state index in [0.29, 0.717) is 0 Å². The molecule has 11 aliphatic rings. The molecule has 65 heteroatoms. The Bertz CT molecular complexity index is 4090. The molecule has 11 fully saturated rings. The largest absolute Gasteiger partial charge is 0.394 e. The number of ether oxygens (including phenoxy) is 22. The average Bonchev–Trinajstić information content (AvgIpc) is 0.761. The van der Waals surface area contributed by atoms with Gasteiger partial charge in [0.2, 0.25) is 29.5 Å². The second-order valence-corrected chi connectivity index (χ2v) is 37.0. The highest BCUT2D eigenvalue weighted by Crippen LogP contribution is 2.42. The summed E-state index contributed by atoms with van der Waals surface area (Å²) < 4.78 is 131. The van der Waals surface area contributed by atoms with Crippen molar-refractivity contribution in [1.82, 2.24) is 26.6 Å². The van der Waals surface area contributed by atoms with Crippen molar-refractivity contribution >= 4 is 35.8 Å². The molecule has 11 heterocycles. The molecule has 0 saturated carbocycles. The summed E-state index contributed by atoms with van der Waals surface area (Å²) >= 11 is 0. The van der Waals surface area contributed by atoms with Crippen molar-refractivity contribution in [1.29, 1.82) is 0 Å². The predicted molar refractivity (Wildman–Crippen MR) is 453 cm³/mol. The third-order valence-corrected chi connectivity index (χ3v) is 26.6. The summed E-state index contributed by atoms with van der Waals surface area (Å²) in [7, 11) is 0. The Hall–Kier alpha value is -5.14. The van der Waals surface area contributed by atoms with Gasteiger partial charge in [-0.25, -0.2) is 0 Å². The van der Waals surface area contributed by atoms with Crippen LogP contribution in [-0.4, -0.2) is 634 Å². The van der Waals surface area contributed by atoms with Crippen molar-refractivity contribution in [2.45, 2.75) is 403 Å². The molecule has 0 aromatic carbocycles. The van der Waals surface area contributed by atoms with Crippen LogP contribution in [0.1, 0.15) is 41.5 Å². The number of carbonyl (C=O) groups is 6. The van der Waals surface area contributed by atoms with Gasteiger partial charge in [-0.2, -0.15) is 0 Å². The third-order valence-electron chi connectivity index (χ3n) is 26.6. The van der Waals surface area contributed by atoms with E-state index in [1.807, 2.05) is 0 Å². The van der Waals surface area contributed by atoms with Crippen LogP contribution in [0.5, 0.6) is 0 Å². The first-order valence-corrected chi connectivity index (χ1v) is 46.8. The minimum absolute atomic E-state index is 0.0354. The second kappa shape index (κ2) is 54.0. The summed E-state index contributed by atoms with van der Waals surface area (Å²) in [5.74, 6) is -5.13. The van der Waals surface area contributed by atoms with Crippen LogP contribution in [0.4, 0.5) is 0 Å². The Morgan fingerprint density at radius 2 is 0.544 bits per heavy atom. The molecule has 0 bridgehead atoms. The molecule has 0 spiro atoms. The molecule has 11 aliphatic heterocycles. The van der Waals surface area contributed by atoms with E-state index in [0.717, 1.165) is 34.6 Å². The summed E-state index contributed by atoms with van der Waals surface area (Å²) in [6, 6.07) is -10.3. The number of aldehydes is 1. The number of hydrogen-bond donors (Lipinski definition) is 37. The van der Waals surface area contributed by atoms with Crippen LogP contribution < -0.4 is 26.6 Å². The van der Waals surface area contributed by atoms with Crippen LogP contribution in [0, 0.1) is 0 Å². The van der Waals surface area contributed by atoms with Gasteiger partial charge >= 0.3 is 0 Å². The maximum absolute atomic E-state index is 13.4. The van der Waals surface area contributed by atoms with Crippen molar-refractivity contribution < 1.29 is 296 Å². The molecule has 37 N–H and O–H groups in total. The first-order valence-electron chi connectivity index (χ1n) is 46.8. The van der Waals surface area contributed by atoms with Crippen LogP contribution >= 0.6 is 0 Å². The number of amides is 5. The van der Waals surface area contributed by atoms with Crippen LogP contribution in [0.15, 0.2) is 0 Å². The van der Waals surface area contributed by atoms with Gasteiger partial charge in [0.05, 0.1) is 78.8 Å². The van der Waals surface area contributed by atoms with Crippen molar-refractivity contribution in [2.75, 3.05) is 72.7 Å². The number of nitrogens with one attached hydrogen (secondary N) is 5. The lowest BCUT2D eigenvalue weighted by Crippen LogP contribution is -2.70. The lowest BCUT2D eigenvalue weighted by molar-refractivity contribution is -0.399. The van der Waals surface area contributed by atoms with Gasteiger partial charge in [-0.15, -0.1) is 0 Å². The van der Waals surface area contributed by atoms with Gasteiger partial charge in [0.15, 0.2) is 69.2 Å². The van der Waals surface area contributed by atoms with Crippen LogP contribution in [0.25, 0.3) is 0 Å². The van der Waals surface area contributed by atoms with Crippen molar-refractivity contribution in [3.8, 4) is 0 Å². The predicted octanol–water partition coefficient (Wildman–Crippen LogP) is -25.6. The van der Waals surface area contributed by atoms with E-state index in [1.165, 1.54) is 6.92 Å². The van der Waals surface area contributed by atoms with Crippen molar-refractivity contribution in [3.05, 3.63) is 0 Å². The van der Waals surface area contributed by atoms with Crippen LogP contribution in [-0.2, 0) is 133 Å². The zero-order valence-corrected chi connectivity index (χ0v) is 79.2. The first kappa shape index (κ1) is 122. The third kappa shape index (κ3) is 27.9. The van der Waals surface area contributed by atoms with E-state index >= 15 is 0 Å². The van der Waals surface area contributed by atoms with E-state index in [-0.39, 0.29) is 6.29 Å². The van der Waals surface area contributed by atoms with Crippen LogP contribution in [0.2, 0.25) is 0 Å². The highest BCUT2D eigenvalue weighted by molar-refractivity contribution is 5.77. The molecule has 11 saturated heterocycles. The molecule has 65 nitrogen and oxygen atoms in total. The van der Waals surface area contributed by atoms with Gasteiger partial charge in [0.25, 0.3) is 0 Å². The lowest BCUT2D eigenvalue weighted by atomic mass is 9.94. The minimum atomic E-state index is -2.78. The molecule has 0 aromatic heterocycles. The quantitative estimate of drug-likeness (QED) is 0.0252. The molecular weight excluding hydrogens is 2010 g/mol. The molecule has 147 heavy (non-hydrogen) atoms. The molecule has 11 rings (SSSR count). The zero-order chi connectivity index (χ0) is 109. The number of carbonyl (C=O) groups excluding carboxylic acids is 6. The summed E-state index contributed by atoms with van der Waals surface area (Å²) in [5.41, 5.74) is 0. The fourth-order valence-corrected chi connectivity index (χ4v) is 18.6. The molecule has 850 valence electrons. The fraction of sp³-hybridized carbons (Fsp3) is 0.927. The van der Waals surface area contributed by atoms with Gasteiger partial charge < -0.3 is 299 Å². The smallest absolute Gasteiger partial charge is 0.217 e. The van der Waals surface area contributed by atoms with E-state index in [4.69, 9.17) is 104 Å². The molecule has 0 unspecified atom stereocenters. The fourth-order valence-electron chi connectivity index (χ4n) is 18.6. The Balaban J connectivity index is 0.978. The molecule has 0 radical (unpaired) electrons. The monoisotopic (exact) mass is 2150 g/mol. The highest BCUT2D eigenvalue weighted by atomic mass is 16.8. The molecular formula is C82H137N5O60. The molecule has 5 amide bonds. The van der Waals surface area contributed by atoms with Crippen LogP contribution in [0.3, 0.4) is 0 Å². The Labute approximate surface area is 832 Å². The Morgan fingerprint density at radius 3 is 0.918 bits per heavy atom. The second-order valence-electron chi connectivity index (χ2n) is 37.0. The molecule has 0 aromatic rings. The van der Waals surface area contributed by atoms with Crippen molar-refractivity contribution in [2.24, 2.45) is 0 Å². The average molecular weight is 2150 g/mol. The van der Waals surface area contributed by atoms with Gasteiger partial charge in [-0.3, -0.25) is 24.0 Å². The summed E-state index contributed by atoms with van der Waals surface area (Å²) in [5, 5.41) is 373. The van der Waals surface area contributed by atoms with Gasteiger partial charge in [-0.05, 0) is 6.92 Å². The minimum Gasteiger partial charge on any atom is -0.394 e. The summed E-state index contributed by atoms with van der Waals surface area (Å²) in [6.07, 6.45) is -118. The standard InChI is InChI=1S/C82H137N5O60/c1-19-41(103)53(115)59(121)76(129-19)126-16-26(102)64(42(104)25(7-88)83-20(2)97)140-73-38(85-22(4)99)50(112)68(34(15-96)135-73)144-80-63(125)69(145-82-71(57(119)46(108)30(11-92)133-82)147-75-40(87-24(6)101)52(114)67(33(14-95)137-75)143-79-62(124)56(118)45(107)29(10-91)132-79)48(110)36(138-80)18-128-81-70(146-74-39(86-23(5)100)51(113)66(32(13-94)136-74)142-78-61(123)55(117)44(106)28(9-90)131-78)58(120)47(109)35(139-81)17-127-72-37(84-21(3)98)49(111)65(31(12-93)134-72)141-77-60(122)54(116)43(105)27(8-89)130-77/h7,19,25-82,89-96,102-125H,8-18H2,1-6H3,(H,83,97)(H,84,98)(H,85,99)(H,86,100)(H,87,101)/t19-,25+,26-,27-,28-,29-,30-,31-,32-,33-,34-,35-,36-,37-,38-,39-,40-,41+,42-,43+,44+,45+,46-,47-,48-,49-,50-,51-,52-,53+,54+,55+,56+,57+,58+,59-,60-,61-,62-,63+,64-,65-,66-,67-,68-,69+,70+,71+,72-,73+,74+,75+,76+,77+,78+,79+,80+,81+,82-/m1/s1. The number of aliphatic hydroxyl groups is 32. The Morgan fingerprint density at radius 1 is 0.265 bits per heavy atom. The highest BCUT2D eigenvalue weighted by Gasteiger charge is 2.63. The van der Waals surface area contributed by atoms with Gasteiger partial charge in [-0.1, -0.05) is 0 Å². The van der Waals surface area contributed by atoms with E-state index < -0.39 is 464 Å². The van der Waals surface area contributed by atoms with Gasteiger partial charge in [0, 0.05) is 34.6 Å². The molecule has 0 aliphatic carbocycles. The summed E-state index contributed by atoms with van der Waals surface area (Å²) in [6.45, 7) is -7.45. The zero-order valence-electron chi connectivity index (χ0n) is 79.2. The van der Waals surface area contributed by atoms with E-state index in [2.05, 4.69) is 26.6 Å². The number of aliphatic hydroxyl groups excluding tert-OH is 32. The maximum Gasteiger partial charge on any atom is 0.217 e. The van der Waals surface area contributed by atoms with E-state index in [1.54, 1.807) is 0 Å². The normalized spacial score (nSPS) is 47.3. The maximum atomic E-state index is 13.4. The lowest BCUT2D eigenvalue weighted by Gasteiger charge is -2.51. The Kier molecular flexibility index (Phi) is 44.8. The van der Waals surface area contributed by atoms with Gasteiger partial charge in [0.1, 0.15) is 293 Å².